The summed E-state index contributed by atoms with van der Waals surface area (Å²) in [6, 6.07) is 10.9. The molecule has 0 atom stereocenters. The molecule has 1 aromatic carbocycles. The predicted molar refractivity (Wildman–Crippen MR) is 83.0 cm³/mol. The van der Waals surface area contributed by atoms with Crippen molar-refractivity contribution < 1.29 is 4.74 Å². The lowest BCUT2D eigenvalue weighted by Crippen LogP contribution is -2.11. The number of thiophene rings is 1. The van der Waals surface area contributed by atoms with Crippen LogP contribution in [-0.2, 0) is 6.54 Å². The fourth-order valence-electron chi connectivity index (χ4n) is 2.04. The lowest BCUT2D eigenvalue weighted by molar-refractivity contribution is 0.300. The van der Waals surface area contributed by atoms with E-state index in [-0.39, 0.29) is 5.43 Å². The van der Waals surface area contributed by atoms with Gasteiger partial charge in [0.1, 0.15) is 12.4 Å². The lowest BCUT2D eigenvalue weighted by Gasteiger charge is -2.10. The first kappa shape index (κ1) is 13.2. The van der Waals surface area contributed by atoms with Gasteiger partial charge in [-0.25, -0.2) is 0 Å². The summed E-state index contributed by atoms with van der Waals surface area (Å²) in [6.45, 7) is 1.20. The van der Waals surface area contributed by atoms with Crippen molar-refractivity contribution in [3.8, 4) is 5.75 Å². The number of hydrogen-bond donors (Lipinski definition) is 0. The molecule has 0 fully saturated rings. The van der Waals surface area contributed by atoms with Crippen LogP contribution in [0.4, 0.5) is 0 Å². The van der Waals surface area contributed by atoms with E-state index >= 15 is 0 Å². The van der Waals surface area contributed by atoms with Gasteiger partial charge < -0.3 is 9.30 Å². The molecule has 3 nitrogen and oxygen atoms in total. The van der Waals surface area contributed by atoms with Gasteiger partial charge >= 0.3 is 0 Å². The first-order valence-electron chi connectivity index (χ1n) is 6.19. The van der Waals surface area contributed by atoms with Crippen LogP contribution in [0.15, 0.2) is 52.8 Å². The maximum atomic E-state index is 11.7. The third-order valence-corrected chi connectivity index (χ3v) is 4.13. The molecule has 2 aromatic heterocycles. The first-order valence-corrected chi connectivity index (χ1v) is 7.45. The Kier molecular flexibility index (Phi) is 3.76. The lowest BCUT2D eigenvalue weighted by atomic mass is 10.3. The van der Waals surface area contributed by atoms with Gasteiger partial charge in [-0.15, -0.1) is 11.3 Å². The van der Waals surface area contributed by atoms with E-state index < -0.39 is 0 Å². The molecule has 0 N–H and O–H groups in total. The first-order chi connectivity index (χ1) is 9.74. The maximum Gasteiger partial charge on any atom is 0.199 e. The molecular formula is C15H12ClNO2S. The van der Waals surface area contributed by atoms with Crippen molar-refractivity contribution in [3.05, 3.63) is 63.2 Å². The van der Waals surface area contributed by atoms with Crippen LogP contribution in [0.5, 0.6) is 5.75 Å². The van der Waals surface area contributed by atoms with E-state index in [9.17, 15) is 4.79 Å². The molecule has 3 aromatic rings. The van der Waals surface area contributed by atoms with Crippen molar-refractivity contribution in [2.45, 2.75) is 6.54 Å². The summed E-state index contributed by atoms with van der Waals surface area (Å²) in [4.78, 5) is 11.7. The summed E-state index contributed by atoms with van der Waals surface area (Å²) in [5.74, 6) is 0.750. The topological polar surface area (TPSA) is 31.2 Å². The van der Waals surface area contributed by atoms with Crippen LogP contribution in [-0.4, -0.2) is 11.2 Å². The highest BCUT2D eigenvalue weighted by Crippen LogP contribution is 2.18. The molecule has 3 rings (SSSR count). The quantitative estimate of drug-likeness (QED) is 0.734. The molecule has 0 bridgehead atoms. The largest absolute Gasteiger partial charge is 0.492 e. The molecule has 0 unspecified atom stereocenters. The highest BCUT2D eigenvalue weighted by molar-refractivity contribution is 7.17. The van der Waals surface area contributed by atoms with Crippen LogP contribution < -0.4 is 10.2 Å². The molecule has 0 saturated heterocycles. The zero-order chi connectivity index (χ0) is 13.9. The molecule has 5 heteroatoms. The van der Waals surface area contributed by atoms with Crippen molar-refractivity contribution in [2.75, 3.05) is 6.61 Å². The molecule has 0 amide bonds. The van der Waals surface area contributed by atoms with Gasteiger partial charge in [-0.2, -0.15) is 0 Å². The number of fused-ring (bicyclic) bond motifs is 1. The number of aromatic nitrogens is 1. The molecule has 0 spiro atoms. The number of pyridine rings is 1. The SMILES string of the molecule is O=c1ccn(CCOc2cccc(Cl)c2)c2ccsc12. The van der Waals surface area contributed by atoms with E-state index in [4.69, 9.17) is 16.3 Å². The fraction of sp³-hybridized carbons (Fsp3) is 0.133. The number of nitrogens with zero attached hydrogens (tertiary/aromatic N) is 1. The molecular weight excluding hydrogens is 294 g/mol. The maximum absolute atomic E-state index is 11.7. The Morgan fingerprint density at radius 1 is 1.25 bits per heavy atom. The summed E-state index contributed by atoms with van der Waals surface area (Å²) in [6.07, 6.45) is 1.80. The second-order valence-corrected chi connectivity index (χ2v) is 5.67. The smallest absolute Gasteiger partial charge is 0.199 e. The molecule has 0 radical (unpaired) electrons. The Morgan fingerprint density at radius 2 is 2.15 bits per heavy atom. The highest BCUT2D eigenvalue weighted by atomic mass is 35.5. The molecule has 2 heterocycles. The van der Waals surface area contributed by atoms with E-state index in [1.165, 1.54) is 11.3 Å². The number of ether oxygens (including phenoxy) is 1. The second-order valence-electron chi connectivity index (χ2n) is 4.31. The average molecular weight is 306 g/mol. The number of benzene rings is 1. The van der Waals surface area contributed by atoms with Crippen molar-refractivity contribution >= 4 is 33.2 Å². The molecule has 20 heavy (non-hydrogen) atoms. The average Bonchev–Trinajstić information content (AvgIpc) is 2.92. The van der Waals surface area contributed by atoms with Crippen molar-refractivity contribution in [1.29, 1.82) is 0 Å². The van der Waals surface area contributed by atoms with E-state index in [1.807, 2.05) is 34.2 Å². The third kappa shape index (κ3) is 2.71. The van der Waals surface area contributed by atoms with Gasteiger partial charge in [0.15, 0.2) is 5.43 Å². The van der Waals surface area contributed by atoms with Crippen molar-refractivity contribution in [2.24, 2.45) is 0 Å². The van der Waals surface area contributed by atoms with Crippen LogP contribution in [0.25, 0.3) is 10.2 Å². The Bertz CT molecular complexity index is 794. The van der Waals surface area contributed by atoms with E-state index in [2.05, 4.69) is 0 Å². The van der Waals surface area contributed by atoms with E-state index in [0.29, 0.717) is 18.2 Å². The minimum Gasteiger partial charge on any atom is -0.492 e. The third-order valence-electron chi connectivity index (χ3n) is 2.98. The normalized spacial score (nSPS) is 10.8. The Balaban J connectivity index is 1.73. The highest BCUT2D eigenvalue weighted by Gasteiger charge is 2.04. The van der Waals surface area contributed by atoms with Crippen LogP contribution in [0, 0.1) is 0 Å². The standard InChI is InChI=1S/C15H12ClNO2S/c16-11-2-1-3-12(10-11)19-8-7-17-6-4-14(18)15-13(17)5-9-20-15/h1-6,9-10H,7-8H2. The van der Waals surface area contributed by atoms with Crippen LogP contribution in [0.2, 0.25) is 5.02 Å². The van der Waals surface area contributed by atoms with Gasteiger partial charge in [-0.1, -0.05) is 17.7 Å². The summed E-state index contributed by atoms with van der Waals surface area (Å²) in [7, 11) is 0. The Hall–Kier alpha value is -1.78. The molecule has 0 aliphatic rings. The van der Waals surface area contributed by atoms with Gasteiger partial charge in [0.25, 0.3) is 0 Å². The van der Waals surface area contributed by atoms with Crippen LogP contribution in [0.3, 0.4) is 0 Å². The Labute approximate surface area is 125 Å². The molecule has 0 aliphatic carbocycles. The van der Waals surface area contributed by atoms with Gasteiger partial charge in [0, 0.05) is 17.3 Å². The summed E-state index contributed by atoms with van der Waals surface area (Å²) >= 11 is 7.37. The van der Waals surface area contributed by atoms with Gasteiger partial charge in [-0.3, -0.25) is 4.79 Å². The van der Waals surface area contributed by atoms with Crippen molar-refractivity contribution in [1.82, 2.24) is 4.57 Å². The minimum absolute atomic E-state index is 0.0713. The van der Waals surface area contributed by atoms with Crippen LogP contribution in [0.1, 0.15) is 0 Å². The second kappa shape index (κ2) is 5.69. The van der Waals surface area contributed by atoms with Crippen LogP contribution >= 0.6 is 22.9 Å². The number of rotatable bonds is 4. The predicted octanol–water partition coefficient (Wildman–Crippen LogP) is 3.80. The van der Waals surface area contributed by atoms with E-state index in [0.717, 1.165) is 16.0 Å². The number of hydrogen-bond acceptors (Lipinski definition) is 3. The Morgan fingerprint density at radius 3 is 3.00 bits per heavy atom. The zero-order valence-corrected chi connectivity index (χ0v) is 12.2. The monoisotopic (exact) mass is 305 g/mol. The summed E-state index contributed by atoms with van der Waals surface area (Å²) in [5, 5.41) is 2.59. The molecule has 0 aliphatic heterocycles. The fourth-order valence-corrected chi connectivity index (χ4v) is 3.04. The van der Waals surface area contributed by atoms with Gasteiger partial charge in [0.2, 0.25) is 0 Å². The van der Waals surface area contributed by atoms with Gasteiger partial charge in [0.05, 0.1) is 16.8 Å². The zero-order valence-electron chi connectivity index (χ0n) is 10.6. The minimum atomic E-state index is 0.0713. The van der Waals surface area contributed by atoms with E-state index in [1.54, 1.807) is 18.3 Å². The van der Waals surface area contributed by atoms with Gasteiger partial charge in [-0.05, 0) is 29.6 Å². The van der Waals surface area contributed by atoms with Crippen molar-refractivity contribution in [3.63, 3.8) is 0 Å². The molecule has 0 saturated carbocycles. The summed E-state index contributed by atoms with van der Waals surface area (Å²) < 4.78 is 8.48. The molecule has 102 valence electrons. The number of halogens is 1. The summed E-state index contributed by atoms with van der Waals surface area (Å²) in [5.41, 5.74) is 1.03.